The highest BCUT2D eigenvalue weighted by molar-refractivity contribution is 14.0. The molecule has 1 rings (SSSR count). The van der Waals surface area contributed by atoms with Crippen molar-refractivity contribution in [3.63, 3.8) is 0 Å². The summed E-state index contributed by atoms with van der Waals surface area (Å²) in [5, 5.41) is 20.4. The van der Waals surface area contributed by atoms with Gasteiger partial charge in [0.25, 0.3) is 5.69 Å². The van der Waals surface area contributed by atoms with Gasteiger partial charge < -0.3 is 25.4 Å². The Morgan fingerprint density at radius 3 is 2.48 bits per heavy atom. The van der Waals surface area contributed by atoms with Gasteiger partial charge in [-0.25, -0.2) is 0 Å². The van der Waals surface area contributed by atoms with Gasteiger partial charge in [0.05, 0.1) is 31.3 Å². The molecule has 0 aliphatic rings. The zero-order chi connectivity index (χ0) is 20.5. The largest absolute Gasteiger partial charge is 0.379 e. The number of benzene rings is 1. The molecule has 10 heteroatoms. The number of nitrogens with zero attached hydrogens (tertiary/aromatic N) is 2. The second-order valence-electron chi connectivity index (χ2n) is 5.97. The van der Waals surface area contributed by atoms with Gasteiger partial charge in [0.15, 0.2) is 5.96 Å². The Labute approximate surface area is 190 Å². The number of para-hydroxylation sites is 2. The lowest BCUT2D eigenvalue weighted by molar-refractivity contribution is -0.384. The van der Waals surface area contributed by atoms with Crippen molar-refractivity contribution in [3.05, 3.63) is 34.4 Å². The lowest BCUT2D eigenvalue weighted by Crippen LogP contribution is -2.39. The number of unbranched alkanes of at least 4 members (excludes halogenated alkanes) is 1. The molecule has 0 bridgehead atoms. The van der Waals surface area contributed by atoms with Crippen LogP contribution in [0.25, 0.3) is 0 Å². The molecule has 0 heterocycles. The molecule has 9 nitrogen and oxygen atoms in total. The number of anilines is 1. The normalized spacial score (nSPS) is 10.9. The van der Waals surface area contributed by atoms with Crippen molar-refractivity contribution in [3.8, 4) is 0 Å². The molecule has 166 valence electrons. The van der Waals surface area contributed by atoms with Crippen molar-refractivity contribution in [2.45, 2.75) is 26.7 Å². The van der Waals surface area contributed by atoms with E-state index in [1.54, 1.807) is 18.2 Å². The Bertz CT molecular complexity index is 589. The standard InChI is InChI=1S/C19H33N5O4.HI/c1-3-5-13-27-15-16-28-14-12-23-19(20-4-2)22-11-10-21-17-8-6-7-9-18(17)24(25)26;/h6-9,21H,3-5,10-16H2,1-2H3,(H2,20,22,23);1H. The predicted octanol–water partition coefficient (Wildman–Crippen LogP) is 3.01. The average molecular weight is 523 g/mol. The van der Waals surface area contributed by atoms with Gasteiger partial charge in [-0.05, 0) is 19.4 Å². The number of guanidine groups is 1. The Balaban J connectivity index is 0.00000784. The van der Waals surface area contributed by atoms with E-state index in [4.69, 9.17) is 9.47 Å². The number of rotatable bonds is 15. The Morgan fingerprint density at radius 1 is 1.07 bits per heavy atom. The maximum absolute atomic E-state index is 11.0. The second kappa shape index (κ2) is 18.4. The summed E-state index contributed by atoms with van der Waals surface area (Å²) in [7, 11) is 0. The minimum Gasteiger partial charge on any atom is -0.379 e. The molecule has 0 amide bonds. The molecule has 0 aliphatic carbocycles. The number of hydrogen-bond acceptors (Lipinski definition) is 6. The molecule has 0 aliphatic heterocycles. The van der Waals surface area contributed by atoms with Gasteiger partial charge in [0.1, 0.15) is 5.69 Å². The Hall–Kier alpha value is -1.66. The fourth-order valence-corrected chi connectivity index (χ4v) is 2.29. The summed E-state index contributed by atoms with van der Waals surface area (Å²) in [6, 6.07) is 6.59. The summed E-state index contributed by atoms with van der Waals surface area (Å²) >= 11 is 0. The first-order chi connectivity index (χ1) is 13.7. The zero-order valence-corrected chi connectivity index (χ0v) is 19.6. The SMILES string of the molecule is CCCCOCCOCCN=C(NCC)NCCNc1ccccc1[N+](=O)[O-].I. The molecule has 0 atom stereocenters. The summed E-state index contributed by atoms with van der Waals surface area (Å²) in [5.41, 5.74) is 0.574. The quantitative estimate of drug-likeness (QED) is 0.0810. The summed E-state index contributed by atoms with van der Waals surface area (Å²) in [6.07, 6.45) is 2.21. The van der Waals surface area contributed by atoms with E-state index in [-0.39, 0.29) is 29.7 Å². The lowest BCUT2D eigenvalue weighted by Gasteiger charge is -2.12. The van der Waals surface area contributed by atoms with Crippen LogP contribution >= 0.6 is 24.0 Å². The molecule has 0 aromatic heterocycles. The number of ether oxygens (including phenoxy) is 2. The minimum absolute atomic E-state index is 0. The predicted molar refractivity (Wildman–Crippen MR) is 128 cm³/mol. The van der Waals surface area contributed by atoms with Gasteiger partial charge >= 0.3 is 0 Å². The van der Waals surface area contributed by atoms with E-state index >= 15 is 0 Å². The lowest BCUT2D eigenvalue weighted by atomic mass is 10.2. The molecular weight excluding hydrogens is 489 g/mol. The van der Waals surface area contributed by atoms with E-state index in [0.29, 0.717) is 51.1 Å². The van der Waals surface area contributed by atoms with Crippen molar-refractivity contribution in [2.24, 2.45) is 4.99 Å². The van der Waals surface area contributed by atoms with Crippen molar-refractivity contribution in [2.75, 3.05) is 57.9 Å². The molecule has 0 unspecified atom stereocenters. The molecule has 0 saturated heterocycles. The van der Waals surface area contributed by atoms with E-state index in [1.807, 2.05) is 6.92 Å². The number of hydrogen-bond donors (Lipinski definition) is 3. The fourth-order valence-electron chi connectivity index (χ4n) is 2.29. The third-order valence-electron chi connectivity index (χ3n) is 3.70. The van der Waals surface area contributed by atoms with E-state index in [2.05, 4.69) is 27.9 Å². The van der Waals surface area contributed by atoms with Crippen LogP contribution in [0, 0.1) is 10.1 Å². The van der Waals surface area contributed by atoms with Gasteiger partial charge in [-0.2, -0.15) is 0 Å². The summed E-state index contributed by atoms with van der Waals surface area (Å²) in [4.78, 5) is 15.1. The second-order valence-corrected chi connectivity index (χ2v) is 5.97. The van der Waals surface area contributed by atoms with Crippen LogP contribution in [0.3, 0.4) is 0 Å². The summed E-state index contributed by atoms with van der Waals surface area (Å²) < 4.78 is 10.9. The van der Waals surface area contributed by atoms with Crippen LogP contribution < -0.4 is 16.0 Å². The third-order valence-corrected chi connectivity index (χ3v) is 3.70. The van der Waals surface area contributed by atoms with Gasteiger partial charge in [-0.15, -0.1) is 24.0 Å². The highest BCUT2D eigenvalue weighted by Gasteiger charge is 2.11. The maximum atomic E-state index is 11.0. The summed E-state index contributed by atoms with van der Waals surface area (Å²) in [5.74, 6) is 0.689. The number of nitro groups is 1. The smallest absolute Gasteiger partial charge is 0.292 e. The molecule has 3 N–H and O–H groups in total. The zero-order valence-electron chi connectivity index (χ0n) is 17.3. The Kier molecular flexibility index (Phi) is 17.3. The highest BCUT2D eigenvalue weighted by Crippen LogP contribution is 2.22. The molecule has 0 saturated carbocycles. The monoisotopic (exact) mass is 523 g/mol. The first-order valence-corrected chi connectivity index (χ1v) is 9.84. The van der Waals surface area contributed by atoms with Crippen LogP contribution in [-0.2, 0) is 9.47 Å². The van der Waals surface area contributed by atoms with E-state index in [1.165, 1.54) is 6.07 Å². The van der Waals surface area contributed by atoms with E-state index in [0.717, 1.165) is 26.0 Å². The first-order valence-electron chi connectivity index (χ1n) is 9.84. The maximum Gasteiger partial charge on any atom is 0.292 e. The molecular formula is C19H34IN5O4. The van der Waals surface area contributed by atoms with Crippen LogP contribution in [-0.4, -0.2) is 63.5 Å². The van der Waals surface area contributed by atoms with Crippen LogP contribution in [0.1, 0.15) is 26.7 Å². The molecule has 0 radical (unpaired) electrons. The topological polar surface area (TPSA) is 110 Å². The number of nitrogens with one attached hydrogen (secondary N) is 3. The first kappa shape index (κ1) is 27.3. The van der Waals surface area contributed by atoms with Gasteiger partial charge in [-0.3, -0.25) is 15.1 Å². The van der Waals surface area contributed by atoms with Gasteiger partial charge in [0, 0.05) is 32.3 Å². The molecule has 0 fully saturated rings. The molecule has 1 aromatic carbocycles. The van der Waals surface area contributed by atoms with Gasteiger partial charge in [-0.1, -0.05) is 25.5 Å². The Morgan fingerprint density at radius 2 is 1.79 bits per heavy atom. The molecule has 1 aromatic rings. The number of nitro benzene ring substituents is 1. The van der Waals surface area contributed by atoms with Crippen molar-refractivity contribution in [1.82, 2.24) is 10.6 Å². The van der Waals surface area contributed by atoms with E-state index < -0.39 is 4.92 Å². The van der Waals surface area contributed by atoms with Crippen molar-refractivity contribution >= 4 is 41.3 Å². The highest BCUT2D eigenvalue weighted by atomic mass is 127. The molecule has 29 heavy (non-hydrogen) atoms. The van der Waals surface area contributed by atoms with Crippen molar-refractivity contribution < 1.29 is 14.4 Å². The van der Waals surface area contributed by atoms with Crippen LogP contribution in [0.2, 0.25) is 0 Å². The number of aliphatic imine (C=N–C) groups is 1. The molecule has 0 spiro atoms. The average Bonchev–Trinajstić information content (AvgIpc) is 2.70. The minimum atomic E-state index is -0.393. The fraction of sp³-hybridized carbons (Fsp3) is 0.632. The number of halogens is 1. The van der Waals surface area contributed by atoms with Crippen molar-refractivity contribution in [1.29, 1.82) is 0 Å². The third kappa shape index (κ3) is 13.2. The van der Waals surface area contributed by atoms with Crippen LogP contribution in [0.4, 0.5) is 11.4 Å². The van der Waals surface area contributed by atoms with Crippen LogP contribution in [0.5, 0.6) is 0 Å². The van der Waals surface area contributed by atoms with Gasteiger partial charge in [0.2, 0.25) is 0 Å². The summed E-state index contributed by atoms with van der Waals surface area (Å²) in [6.45, 7) is 9.02. The van der Waals surface area contributed by atoms with Crippen LogP contribution in [0.15, 0.2) is 29.3 Å². The van der Waals surface area contributed by atoms with E-state index in [9.17, 15) is 10.1 Å².